The van der Waals surface area contributed by atoms with E-state index >= 15 is 0 Å². The smallest absolute Gasteiger partial charge is 0.0192 e. The summed E-state index contributed by atoms with van der Waals surface area (Å²) in [6, 6.07) is 0.298. The first-order valence-corrected chi connectivity index (χ1v) is 6.63. The van der Waals surface area contributed by atoms with Crippen LogP contribution >= 0.6 is 0 Å². The molecule has 16 heavy (non-hydrogen) atoms. The van der Waals surface area contributed by atoms with E-state index < -0.39 is 0 Å². The summed E-state index contributed by atoms with van der Waals surface area (Å²) in [5.74, 6) is 0. The van der Waals surface area contributed by atoms with E-state index in [1.807, 2.05) is 0 Å². The Morgan fingerprint density at radius 1 is 0.562 bits per heavy atom. The van der Waals surface area contributed by atoms with Crippen molar-refractivity contribution in [1.82, 2.24) is 0 Å². The first-order valence-electron chi connectivity index (χ1n) is 6.63. The van der Waals surface area contributed by atoms with Crippen LogP contribution in [0.5, 0.6) is 0 Å². The maximum Gasteiger partial charge on any atom is 0.0192 e. The van der Waals surface area contributed by atoms with Crippen LogP contribution in [-0.2, 0) is 0 Å². The Kier molecular flexibility index (Phi) is 11.2. The molecular weight excluding hydrogens is 200 g/mol. The van der Waals surface area contributed by atoms with Crippen LogP contribution in [0, 0.1) is 0 Å². The van der Waals surface area contributed by atoms with Gasteiger partial charge in [-0.3, -0.25) is 0 Å². The third-order valence-electron chi connectivity index (χ3n) is 3.03. The van der Waals surface area contributed by atoms with E-state index in [1.165, 1.54) is 12.8 Å². The molecule has 8 N–H and O–H groups in total. The lowest BCUT2D eigenvalue weighted by atomic mass is 9.98. The third kappa shape index (κ3) is 9.09. The molecule has 0 bridgehead atoms. The van der Waals surface area contributed by atoms with Gasteiger partial charge in [-0.15, -0.1) is 0 Å². The molecule has 0 rings (SSSR count). The first-order chi connectivity index (χ1) is 7.72. The minimum Gasteiger partial charge on any atom is -0.330 e. The highest BCUT2D eigenvalue weighted by molar-refractivity contribution is 4.75. The largest absolute Gasteiger partial charge is 0.330 e. The average Bonchev–Trinajstić information content (AvgIpc) is 2.29. The van der Waals surface area contributed by atoms with Crippen LogP contribution in [0.4, 0.5) is 0 Å². The molecule has 0 spiro atoms. The molecule has 98 valence electrons. The minimum atomic E-state index is 0.149. The third-order valence-corrected chi connectivity index (χ3v) is 3.03. The van der Waals surface area contributed by atoms with Crippen LogP contribution in [-0.4, -0.2) is 25.2 Å². The summed E-state index contributed by atoms with van der Waals surface area (Å²) in [6.45, 7) is 1.56. The van der Waals surface area contributed by atoms with Crippen molar-refractivity contribution in [2.24, 2.45) is 22.9 Å². The average molecular weight is 230 g/mol. The molecule has 0 aromatic carbocycles. The van der Waals surface area contributed by atoms with Crippen molar-refractivity contribution < 1.29 is 0 Å². The van der Waals surface area contributed by atoms with E-state index in [-0.39, 0.29) is 12.1 Å². The summed E-state index contributed by atoms with van der Waals surface area (Å²) in [6.07, 6.45) is 8.88. The molecule has 0 aromatic rings. The van der Waals surface area contributed by atoms with Crippen LogP contribution in [0.2, 0.25) is 0 Å². The monoisotopic (exact) mass is 230 g/mol. The predicted octanol–water partition coefficient (Wildman–Crippen LogP) is 0.679. The molecule has 0 saturated heterocycles. The highest BCUT2D eigenvalue weighted by atomic mass is 14.8. The number of hydrogen-bond acceptors (Lipinski definition) is 4. The van der Waals surface area contributed by atoms with E-state index in [2.05, 4.69) is 0 Å². The van der Waals surface area contributed by atoms with E-state index in [9.17, 15) is 0 Å². The number of hydrogen-bond donors (Lipinski definition) is 4. The van der Waals surface area contributed by atoms with Gasteiger partial charge in [-0.05, 0) is 38.8 Å². The van der Waals surface area contributed by atoms with Gasteiger partial charge in [0.05, 0.1) is 0 Å². The van der Waals surface area contributed by atoms with Gasteiger partial charge >= 0.3 is 0 Å². The topological polar surface area (TPSA) is 104 Å². The van der Waals surface area contributed by atoms with Crippen molar-refractivity contribution in [2.75, 3.05) is 13.1 Å². The van der Waals surface area contributed by atoms with Crippen molar-refractivity contribution in [2.45, 2.75) is 63.5 Å². The Bertz CT molecular complexity index is 125. The fourth-order valence-corrected chi connectivity index (χ4v) is 1.83. The van der Waals surface area contributed by atoms with Gasteiger partial charge in [-0.2, -0.15) is 0 Å². The molecular formula is C12H30N4. The second-order valence-corrected chi connectivity index (χ2v) is 4.60. The highest BCUT2D eigenvalue weighted by Gasteiger charge is 2.11. The van der Waals surface area contributed by atoms with Gasteiger partial charge < -0.3 is 22.9 Å². The molecule has 0 aliphatic heterocycles. The molecule has 2 atom stereocenters. The SMILES string of the molecule is NCCCCC[C@H](N)[C@@H](N)CCCCCN. The van der Waals surface area contributed by atoms with Crippen molar-refractivity contribution in [3.63, 3.8) is 0 Å². The lowest BCUT2D eigenvalue weighted by Crippen LogP contribution is -2.41. The maximum atomic E-state index is 6.03. The summed E-state index contributed by atoms with van der Waals surface area (Å²) >= 11 is 0. The second kappa shape index (κ2) is 11.3. The van der Waals surface area contributed by atoms with Crippen molar-refractivity contribution in [3.05, 3.63) is 0 Å². The quantitative estimate of drug-likeness (QED) is 0.392. The van der Waals surface area contributed by atoms with Crippen LogP contribution in [0.15, 0.2) is 0 Å². The zero-order valence-electron chi connectivity index (χ0n) is 10.5. The maximum absolute atomic E-state index is 6.03. The Balaban J connectivity index is 3.38. The Labute approximate surface area is 100 Å². The molecule has 0 amide bonds. The zero-order chi connectivity index (χ0) is 12.2. The molecule has 0 fully saturated rings. The molecule has 0 heterocycles. The van der Waals surface area contributed by atoms with Gasteiger partial charge in [0.1, 0.15) is 0 Å². The summed E-state index contributed by atoms with van der Waals surface area (Å²) in [7, 11) is 0. The highest BCUT2D eigenvalue weighted by Crippen LogP contribution is 2.09. The lowest BCUT2D eigenvalue weighted by Gasteiger charge is -2.19. The first kappa shape index (κ1) is 15.8. The van der Waals surface area contributed by atoms with Crippen LogP contribution < -0.4 is 22.9 Å². The Hall–Kier alpha value is -0.160. The Morgan fingerprint density at radius 3 is 1.25 bits per heavy atom. The normalized spacial score (nSPS) is 15.0. The molecule has 0 aliphatic rings. The van der Waals surface area contributed by atoms with Crippen LogP contribution in [0.1, 0.15) is 51.4 Å². The number of nitrogens with two attached hydrogens (primary N) is 4. The van der Waals surface area contributed by atoms with Gasteiger partial charge in [-0.1, -0.05) is 25.7 Å². The van der Waals surface area contributed by atoms with Gasteiger partial charge in [0.25, 0.3) is 0 Å². The molecule has 0 radical (unpaired) electrons. The molecule has 4 heteroatoms. The van der Waals surface area contributed by atoms with Crippen LogP contribution in [0.25, 0.3) is 0 Å². The minimum absolute atomic E-state index is 0.149. The van der Waals surface area contributed by atoms with E-state index in [1.54, 1.807) is 0 Å². The summed E-state index contributed by atoms with van der Waals surface area (Å²) in [5.41, 5.74) is 22.9. The number of unbranched alkanes of at least 4 members (excludes halogenated alkanes) is 4. The molecule has 0 saturated carbocycles. The van der Waals surface area contributed by atoms with E-state index in [4.69, 9.17) is 22.9 Å². The fraction of sp³-hybridized carbons (Fsp3) is 1.00. The van der Waals surface area contributed by atoms with E-state index in [0.29, 0.717) is 0 Å². The molecule has 0 aliphatic carbocycles. The fourth-order valence-electron chi connectivity index (χ4n) is 1.83. The van der Waals surface area contributed by atoms with Crippen LogP contribution in [0.3, 0.4) is 0 Å². The molecule has 0 aromatic heterocycles. The van der Waals surface area contributed by atoms with Gasteiger partial charge in [-0.25, -0.2) is 0 Å². The predicted molar refractivity (Wildman–Crippen MR) is 71.0 cm³/mol. The van der Waals surface area contributed by atoms with Gasteiger partial charge in [0.15, 0.2) is 0 Å². The number of rotatable bonds is 11. The Morgan fingerprint density at radius 2 is 0.938 bits per heavy atom. The summed E-state index contributed by atoms with van der Waals surface area (Å²) < 4.78 is 0. The molecule has 0 unspecified atom stereocenters. The second-order valence-electron chi connectivity index (χ2n) is 4.60. The lowest BCUT2D eigenvalue weighted by molar-refractivity contribution is 0.435. The van der Waals surface area contributed by atoms with Gasteiger partial charge in [0, 0.05) is 12.1 Å². The van der Waals surface area contributed by atoms with Crippen molar-refractivity contribution in [3.8, 4) is 0 Å². The van der Waals surface area contributed by atoms with Gasteiger partial charge in [0.2, 0.25) is 0 Å². The molecule has 4 nitrogen and oxygen atoms in total. The van der Waals surface area contributed by atoms with Crippen molar-refractivity contribution >= 4 is 0 Å². The zero-order valence-corrected chi connectivity index (χ0v) is 10.5. The summed E-state index contributed by atoms with van der Waals surface area (Å²) in [5, 5.41) is 0. The standard InChI is InChI=1S/C12H30N4/c13-9-5-1-3-7-11(15)12(16)8-4-2-6-10-14/h11-12H,1-10,13-16H2/t11-,12-/m0/s1. The van der Waals surface area contributed by atoms with Crippen molar-refractivity contribution in [1.29, 1.82) is 0 Å². The summed E-state index contributed by atoms with van der Waals surface area (Å²) in [4.78, 5) is 0. The van der Waals surface area contributed by atoms with E-state index in [0.717, 1.165) is 51.6 Å².